The van der Waals surface area contributed by atoms with Gasteiger partial charge in [-0.3, -0.25) is 4.79 Å². The van der Waals surface area contributed by atoms with Crippen molar-refractivity contribution >= 4 is 22.8 Å². The van der Waals surface area contributed by atoms with Crippen LogP contribution in [0.4, 0.5) is 5.69 Å². The minimum absolute atomic E-state index is 0.0171. The van der Waals surface area contributed by atoms with Crippen LogP contribution in [0.5, 0.6) is 11.5 Å². The molecule has 3 heterocycles. The molecule has 0 spiro atoms. The van der Waals surface area contributed by atoms with Gasteiger partial charge in [0.15, 0.2) is 17.3 Å². The Kier molecular flexibility index (Phi) is 3.07. The zero-order chi connectivity index (χ0) is 17.2. The molecule has 0 saturated heterocycles. The van der Waals surface area contributed by atoms with Crippen LogP contribution in [0.2, 0.25) is 0 Å². The summed E-state index contributed by atoms with van der Waals surface area (Å²) in [6.45, 7) is 4.57. The van der Waals surface area contributed by atoms with Crippen LogP contribution in [0.3, 0.4) is 0 Å². The summed E-state index contributed by atoms with van der Waals surface area (Å²) in [5, 5.41) is 5.61. The summed E-state index contributed by atoms with van der Waals surface area (Å²) < 4.78 is 11.1. The second kappa shape index (κ2) is 5.11. The molecule has 1 atom stereocenters. The Bertz CT molecular complexity index is 911. The third-order valence-electron chi connectivity index (χ3n) is 5.18. The van der Waals surface area contributed by atoms with E-state index in [1.54, 1.807) is 11.3 Å². The van der Waals surface area contributed by atoms with Crippen LogP contribution in [0, 0.1) is 5.41 Å². The fraction of sp³-hybridized carbons (Fsp3) is 0.350. The van der Waals surface area contributed by atoms with E-state index >= 15 is 0 Å². The highest BCUT2D eigenvalue weighted by molar-refractivity contribution is 7.10. The number of ether oxygens (including phenoxy) is 2. The molecule has 4 nitrogen and oxygen atoms in total. The van der Waals surface area contributed by atoms with E-state index in [-0.39, 0.29) is 23.9 Å². The van der Waals surface area contributed by atoms with Gasteiger partial charge in [0.05, 0.1) is 5.92 Å². The monoisotopic (exact) mass is 353 g/mol. The number of Topliss-reactive ketones (excluding diaryl/α,β-unsaturated/α-hetero) is 1. The summed E-state index contributed by atoms with van der Waals surface area (Å²) in [4.78, 5) is 14.2. The fourth-order valence-corrected chi connectivity index (χ4v) is 5.01. The van der Waals surface area contributed by atoms with E-state index in [0.29, 0.717) is 6.42 Å². The van der Waals surface area contributed by atoms with Crippen LogP contribution in [-0.2, 0) is 4.79 Å². The summed E-state index contributed by atoms with van der Waals surface area (Å²) in [5.41, 5.74) is 4.08. The molecule has 2 aliphatic heterocycles. The SMILES string of the molecule is CC1(C)CC(=O)C2=C(C1)Nc1cc3c(cc1[C@@H]2c1cccs1)OCO3. The lowest BCUT2D eigenvalue weighted by Crippen LogP contribution is -2.33. The summed E-state index contributed by atoms with van der Waals surface area (Å²) in [7, 11) is 0. The second-order valence-corrected chi connectivity index (χ2v) is 8.68. The topological polar surface area (TPSA) is 47.6 Å². The van der Waals surface area contributed by atoms with Gasteiger partial charge in [-0.2, -0.15) is 0 Å². The number of benzene rings is 1. The number of hydrogen-bond donors (Lipinski definition) is 1. The van der Waals surface area contributed by atoms with Gasteiger partial charge in [-0.25, -0.2) is 0 Å². The van der Waals surface area contributed by atoms with E-state index in [9.17, 15) is 4.79 Å². The molecule has 0 unspecified atom stereocenters. The number of carbonyl (C=O) groups excluding carboxylic acids is 1. The molecule has 1 aromatic heterocycles. The van der Waals surface area contributed by atoms with Gasteiger partial charge in [0.1, 0.15) is 0 Å². The minimum Gasteiger partial charge on any atom is -0.454 e. The fourth-order valence-electron chi connectivity index (χ4n) is 4.16. The third kappa shape index (κ3) is 2.29. The number of rotatable bonds is 1. The van der Waals surface area contributed by atoms with Gasteiger partial charge in [0, 0.05) is 34.3 Å². The highest BCUT2D eigenvalue weighted by Crippen LogP contribution is 2.52. The Morgan fingerprint density at radius 1 is 1.20 bits per heavy atom. The molecule has 5 heteroatoms. The number of nitrogens with one attached hydrogen (secondary N) is 1. The molecule has 3 aliphatic rings. The van der Waals surface area contributed by atoms with Crippen molar-refractivity contribution in [2.24, 2.45) is 5.41 Å². The lowest BCUT2D eigenvalue weighted by atomic mass is 9.70. The quantitative estimate of drug-likeness (QED) is 0.809. The molecule has 25 heavy (non-hydrogen) atoms. The second-order valence-electron chi connectivity index (χ2n) is 7.70. The van der Waals surface area contributed by atoms with Crippen molar-refractivity contribution in [2.45, 2.75) is 32.6 Å². The summed E-state index contributed by atoms with van der Waals surface area (Å²) in [6.07, 6.45) is 1.47. The smallest absolute Gasteiger partial charge is 0.231 e. The van der Waals surface area contributed by atoms with E-state index in [1.165, 1.54) is 4.88 Å². The average Bonchev–Trinajstić information content (AvgIpc) is 3.20. The van der Waals surface area contributed by atoms with Crippen LogP contribution in [0.15, 0.2) is 40.9 Å². The molecule has 0 amide bonds. The van der Waals surface area contributed by atoms with Crippen LogP contribution in [0.1, 0.15) is 43.0 Å². The molecule has 2 aromatic rings. The van der Waals surface area contributed by atoms with Crippen LogP contribution < -0.4 is 14.8 Å². The predicted octanol–water partition coefficient (Wildman–Crippen LogP) is 4.68. The molecule has 0 radical (unpaired) electrons. The highest BCUT2D eigenvalue weighted by Gasteiger charge is 2.41. The molecule has 0 fully saturated rings. The Morgan fingerprint density at radius 3 is 2.76 bits per heavy atom. The summed E-state index contributed by atoms with van der Waals surface area (Å²) in [5.74, 6) is 1.75. The highest BCUT2D eigenvalue weighted by atomic mass is 32.1. The molecule has 5 rings (SSSR count). The first-order chi connectivity index (χ1) is 12.0. The van der Waals surface area contributed by atoms with Crippen molar-refractivity contribution in [2.75, 3.05) is 12.1 Å². The maximum Gasteiger partial charge on any atom is 0.231 e. The van der Waals surface area contributed by atoms with E-state index in [1.807, 2.05) is 18.2 Å². The maximum atomic E-state index is 13.0. The maximum absolute atomic E-state index is 13.0. The zero-order valence-electron chi connectivity index (χ0n) is 14.2. The standard InChI is InChI=1S/C20H19NO3S/c1-20(2)8-13-19(14(22)9-20)18(17-4-3-5-25-17)11-6-15-16(24-10-23-15)7-12(11)21-13/h3-7,18,21H,8-10H2,1-2H3/t18-/m1/s1. The molecule has 1 aliphatic carbocycles. The van der Waals surface area contributed by atoms with Gasteiger partial charge in [-0.1, -0.05) is 19.9 Å². The minimum atomic E-state index is -0.0238. The Hall–Kier alpha value is -2.27. The first-order valence-electron chi connectivity index (χ1n) is 8.52. The van der Waals surface area contributed by atoms with Crippen molar-refractivity contribution in [3.05, 3.63) is 51.4 Å². The number of allylic oxidation sites excluding steroid dienone is 2. The van der Waals surface area contributed by atoms with E-state index in [4.69, 9.17) is 9.47 Å². The predicted molar refractivity (Wildman–Crippen MR) is 97.4 cm³/mol. The van der Waals surface area contributed by atoms with Gasteiger partial charge < -0.3 is 14.8 Å². The number of anilines is 1. The molecular weight excluding hydrogens is 334 g/mol. The molecular formula is C20H19NO3S. The van der Waals surface area contributed by atoms with Gasteiger partial charge in [-0.15, -0.1) is 11.3 Å². The number of thiophene rings is 1. The Balaban J connectivity index is 1.73. The first kappa shape index (κ1) is 15.0. The van der Waals surface area contributed by atoms with Crippen molar-refractivity contribution in [1.82, 2.24) is 0 Å². The molecule has 0 bridgehead atoms. The van der Waals surface area contributed by atoms with E-state index in [2.05, 4.69) is 30.6 Å². The van der Waals surface area contributed by atoms with Crippen molar-refractivity contribution in [3.8, 4) is 11.5 Å². The Morgan fingerprint density at radius 2 is 2.00 bits per heavy atom. The first-order valence-corrected chi connectivity index (χ1v) is 9.40. The number of carbonyl (C=O) groups is 1. The Labute approximate surface area is 150 Å². The van der Waals surface area contributed by atoms with Crippen molar-refractivity contribution < 1.29 is 14.3 Å². The normalized spacial score (nSPS) is 23.1. The average molecular weight is 353 g/mol. The van der Waals surface area contributed by atoms with Crippen molar-refractivity contribution in [3.63, 3.8) is 0 Å². The van der Waals surface area contributed by atoms with Crippen LogP contribution in [-0.4, -0.2) is 12.6 Å². The lowest BCUT2D eigenvalue weighted by molar-refractivity contribution is -0.118. The van der Waals surface area contributed by atoms with Gasteiger partial charge in [-0.05, 0) is 34.9 Å². The largest absolute Gasteiger partial charge is 0.454 e. The van der Waals surface area contributed by atoms with Crippen LogP contribution >= 0.6 is 11.3 Å². The van der Waals surface area contributed by atoms with Gasteiger partial charge >= 0.3 is 0 Å². The number of ketones is 1. The molecule has 0 saturated carbocycles. The summed E-state index contributed by atoms with van der Waals surface area (Å²) in [6, 6.07) is 8.21. The zero-order valence-corrected chi connectivity index (χ0v) is 15.0. The molecule has 1 aromatic carbocycles. The number of fused-ring (bicyclic) bond motifs is 2. The van der Waals surface area contributed by atoms with Crippen molar-refractivity contribution in [1.29, 1.82) is 0 Å². The lowest BCUT2D eigenvalue weighted by Gasteiger charge is -2.39. The van der Waals surface area contributed by atoms with Gasteiger partial charge in [0.25, 0.3) is 0 Å². The molecule has 128 valence electrons. The van der Waals surface area contributed by atoms with Crippen LogP contribution in [0.25, 0.3) is 0 Å². The van der Waals surface area contributed by atoms with E-state index < -0.39 is 0 Å². The number of hydrogen-bond acceptors (Lipinski definition) is 5. The third-order valence-corrected chi connectivity index (χ3v) is 6.11. The summed E-state index contributed by atoms with van der Waals surface area (Å²) >= 11 is 1.70. The van der Waals surface area contributed by atoms with E-state index in [0.717, 1.165) is 40.4 Å². The molecule has 1 N–H and O–H groups in total. The van der Waals surface area contributed by atoms with Gasteiger partial charge in [0.2, 0.25) is 6.79 Å².